The molecule has 0 bridgehead atoms. The van der Waals surface area contributed by atoms with E-state index < -0.39 is 0 Å². The van der Waals surface area contributed by atoms with Crippen molar-refractivity contribution in [2.75, 3.05) is 11.4 Å². The van der Waals surface area contributed by atoms with E-state index in [1.54, 1.807) is 17.0 Å². The molecule has 0 unspecified atom stereocenters. The lowest BCUT2D eigenvalue weighted by Gasteiger charge is -2.26. The number of hydrogen-bond acceptors (Lipinski definition) is 4. The Bertz CT molecular complexity index is 1300. The topological polar surface area (TPSA) is 78.1 Å². The molecule has 1 saturated heterocycles. The molecule has 2 aromatic carbocycles. The standard InChI is InChI=1S/C24H21ClN4O2S/c25-21-11-10-20(32-21)23-27-18-9-4-15(13-19(18)28-23)14-26-24(31)16-5-7-17(8-6-16)29-12-2-1-3-22(29)30/h4-11,13H,1-3,12,14H2,(H,26,31)(H,27,28). The van der Waals surface area contributed by atoms with Gasteiger partial charge in [-0.05, 0) is 66.9 Å². The van der Waals surface area contributed by atoms with Crippen LogP contribution >= 0.6 is 22.9 Å². The number of carbonyl (C=O) groups excluding carboxylic acids is 2. The number of piperidine rings is 1. The summed E-state index contributed by atoms with van der Waals surface area (Å²) in [5, 5.41) is 2.96. The van der Waals surface area contributed by atoms with Crippen molar-refractivity contribution in [3.05, 3.63) is 70.1 Å². The minimum atomic E-state index is -0.153. The molecule has 0 atom stereocenters. The second-order valence-corrected chi connectivity index (χ2v) is 9.49. The fourth-order valence-corrected chi connectivity index (χ4v) is 4.87. The van der Waals surface area contributed by atoms with E-state index in [0.29, 0.717) is 18.5 Å². The predicted octanol–water partition coefficient (Wildman–Crippen LogP) is 5.39. The van der Waals surface area contributed by atoms with Crippen LogP contribution in [0.15, 0.2) is 54.6 Å². The Morgan fingerprint density at radius 3 is 2.72 bits per heavy atom. The number of amides is 2. The van der Waals surface area contributed by atoms with E-state index in [0.717, 1.165) is 56.7 Å². The van der Waals surface area contributed by atoms with Crippen molar-refractivity contribution in [1.82, 2.24) is 15.3 Å². The number of anilines is 1. The van der Waals surface area contributed by atoms with Crippen LogP contribution in [0.2, 0.25) is 4.34 Å². The number of fused-ring (bicyclic) bond motifs is 1. The van der Waals surface area contributed by atoms with Crippen molar-refractivity contribution in [2.24, 2.45) is 0 Å². The molecule has 8 heteroatoms. The summed E-state index contributed by atoms with van der Waals surface area (Å²) in [6, 6.07) is 16.9. The first-order valence-corrected chi connectivity index (χ1v) is 11.7. The molecule has 0 aliphatic carbocycles. The van der Waals surface area contributed by atoms with E-state index >= 15 is 0 Å². The minimum absolute atomic E-state index is 0.146. The van der Waals surface area contributed by atoms with E-state index in [4.69, 9.17) is 11.6 Å². The highest BCUT2D eigenvalue weighted by atomic mass is 35.5. The van der Waals surface area contributed by atoms with Crippen molar-refractivity contribution in [3.63, 3.8) is 0 Å². The second-order valence-electron chi connectivity index (χ2n) is 7.77. The number of halogens is 1. The zero-order chi connectivity index (χ0) is 22.1. The average molecular weight is 465 g/mol. The van der Waals surface area contributed by atoms with Gasteiger partial charge >= 0.3 is 0 Å². The first kappa shape index (κ1) is 20.7. The van der Waals surface area contributed by atoms with Crippen LogP contribution in [0, 0.1) is 0 Å². The third-order valence-corrected chi connectivity index (χ3v) is 6.81. The van der Waals surface area contributed by atoms with Crippen LogP contribution in [0.4, 0.5) is 5.69 Å². The van der Waals surface area contributed by atoms with Crippen molar-refractivity contribution in [1.29, 1.82) is 0 Å². The maximum atomic E-state index is 12.6. The van der Waals surface area contributed by atoms with Gasteiger partial charge in [0.25, 0.3) is 5.91 Å². The SMILES string of the molecule is O=C(NCc1ccc2nc(-c3ccc(Cl)s3)[nH]c2c1)c1ccc(N2CCCCC2=O)cc1. The van der Waals surface area contributed by atoms with E-state index in [2.05, 4.69) is 15.3 Å². The Kier molecular flexibility index (Phi) is 5.68. The molecular formula is C24H21ClN4O2S. The number of aromatic nitrogens is 2. The van der Waals surface area contributed by atoms with Gasteiger partial charge in [-0.1, -0.05) is 17.7 Å². The normalized spacial score (nSPS) is 14.2. The Labute approximate surface area is 194 Å². The van der Waals surface area contributed by atoms with E-state index in [9.17, 15) is 9.59 Å². The minimum Gasteiger partial charge on any atom is -0.348 e. The molecule has 0 saturated carbocycles. The fraction of sp³-hybridized carbons (Fsp3) is 0.208. The Hall–Kier alpha value is -3.16. The quantitative estimate of drug-likeness (QED) is 0.415. The van der Waals surface area contributed by atoms with E-state index in [1.165, 1.54) is 11.3 Å². The largest absolute Gasteiger partial charge is 0.348 e. The molecular weight excluding hydrogens is 444 g/mol. The summed E-state index contributed by atoms with van der Waals surface area (Å²) in [5.41, 5.74) is 4.16. The summed E-state index contributed by atoms with van der Waals surface area (Å²) in [7, 11) is 0. The van der Waals surface area contributed by atoms with Gasteiger partial charge in [-0.25, -0.2) is 4.98 Å². The zero-order valence-corrected chi connectivity index (χ0v) is 18.8. The molecule has 4 aromatic rings. The molecule has 6 nitrogen and oxygen atoms in total. The number of carbonyl (C=O) groups is 2. The van der Waals surface area contributed by atoms with Gasteiger partial charge in [0.05, 0.1) is 20.2 Å². The Morgan fingerprint density at radius 2 is 1.97 bits per heavy atom. The van der Waals surface area contributed by atoms with Crippen LogP contribution in [0.25, 0.3) is 21.7 Å². The predicted molar refractivity (Wildman–Crippen MR) is 128 cm³/mol. The molecule has 0 radical (unpaired) electrons. The number of nitrogens with zero attached hydrogens (tertiary/aromatic N) is 2. The van der Waals surface area contributed by atoms with Gasteiger partial charge in [0.1, 0.15) is 5.82 Å². The molecule has 2 amide bonds. The number of aromatic amines is 1. The van der Waals surface area contributed by atoms with Gasteiger partial charge in [-0.2, -0.15) is 0 Å². The first-order valence-electron chi connectivity index (χ1n) is 10.5. The molecule has 2 N–H and O–H groups in total. The number of imidazole rings is 1. The zero-order valence-electron chi connectivity index (χ0n) is 17.2. The molecule has 1 fully saturated rings. The van der Waals surface area contributed by atoms with Crippen LogP contribution in [0.3, 0.4) is 0 Å². The van der Waals surface area contributed by atoms with Gasteiger partial charge in [0, 0.05) is 30.8 Å². The number of benzene rings is 2. The highest BCUT2D eigenvalue weighted by Crippen LogP contribution is 2.30. The van der Waals surface area contributed by atoms with Crippen molar-refractivity contribution < 1.29 is 9.59 Å². The molecule has 1 aliphatic heterocycles. The number of rotatable bonds is 5. The lowest BCUT2D eigenvalue weighted by molar-refractivity contribution is -0.119. The van der Waals surface area contributed by atoms with Crippen molar-refractivity contribution in [2.45, 2.75) is 25.8 Å². The van der Waals surface area contributed by atoms with Gasteiger partial charge < -0.3 is 15.2 Å². The van der Waals surface area contributed by atoms with Crippen molar-refractivity contribution >= 4 is 51.5 Å². The van der Waals surface area contributed by atoms with Gasteiger partial charge in [-0.3, -0.25) is 9.59 Å². The second kappa shape index (κ2) is 8.76. The summed E-state index contributed by atoms with van der Waals surface area (Å²) in [6.07, 6.45) is 2.55. The van der Waals surface area contributed by atoms with Crippen LogP contribution in [0.5, 0.6) is 0 Å². The smallest absolute Gasteiger partial charge is 0.251 e. The average Bonchev–Trinajstić information content (AvgIpc) is 3.43. The highest BCUT2D eigenvalue weighted by molar-refractivity contribution is 7.19. The van der Waals surface area contributed by atoms with Crippen molar-refractivity contribution in [3.8, 4) is 10.7 Å². The third-order valence-electron chi connectivity index (χ3n) is 5.57. The molecule has 162 valence electrons. The summed E-state index contributed by atoms with van der Waals surface area (Å²) in [4.78, 5) is 35.4. The summed E-state index contributed by atoms with van der Waals surface area (Å²) in [6.45, 7) is 1.14. The molecule has 1 aliphatic rings. The molecule has 5 rings (SSSR count). The van der Waals surface area contributed by atoms with E-state index in [-0.39, 0.29) is 11.8 Å². The first-order chi connectivity index (χ1) is 15.6. The van der Waals surface area contributed by atoms with Gasteiger partial charge in [-0.15, -0.1) is 11.3 Å². The molecule has 0 spiro atoms. The number of thiophene rings is 1. The Morgan fingerprint density at radius 1 is 1.12 bits per heavy atom. The molecule has 3 heterocycles. The van der Waals surface area contributed by atoms with Crippen LogP contribution in [-0.4, -0.2) is 28.3 Å². The van der Waals surface area contributed by atoms with Crippen LogP contribution in [0.1, 0.15) is 35.2 Å². The number of hydrogen-bond donors (Lipinski definition) is 2. The maximum absolute atomic E-state index is 12.6. The van der Waals surface area contributed by atoms with Gasteiger partial charge in [0.2, 0.25) is 5.91 Å². The highest BCUT2D eigenvalue weighted by Gasteiger charge is 2.19. The number of H-pyrrole nitrogens is 1. The monoisotopic (exact) mass is 464 g/mol. The maximum Gasteiger partial charge on any atom is 0.251 e. The molecule has 2 aromatic heterocycles. The summed E-state index contributed by atoms with van der Waals surface area (Å²) < 4.78 is 0.722. The third kappa shape index (κ3) is 4.26. The van der Waals surface area contributed by atoms with E-state index in [1.807, 2.05) is 42.5 Å². The lowest BCUT2D eigenvalue weighted by Crippen LogP contribution is -2.35. The van der Waals surface area contributed by atoms with Crippen LogP contribution < -0.4 is 10.2 Å². The Balaban J connectivity index is 1.24. The summed E-state index contributed by atoms with van der Waals surface area (Å²) in [5.74, 6) is 0.776. The fourth-order valence-electron chi connectivity index (χ4n) is 3.88. The molecule has 32 heavy (non-hydrogen) atoms. The lowest BCUT2D eigenvalue weighted by atomic mass is 10.1. The number of nitrogens with one attached hydrogen (secondary N) is 2. The van der Waals surface area contributed by atoms with Crippen LogP contribution in [-0.2, 0) is 11.3 Å². The van der Waals surface area contributed by atoms with Gasteiger partial charge in [0.15, 0.2) is 0 Å². The summed E-state index contributed by atoms with van der Waals surface area (Å²) >= 11 is 7.50.